The SMILES string of the molecule is CCOC(=O)c1ccc2nc(NC(=O)C(C)Oc3c(-c4ccccc4)oc4ccccc4c3=O)sc2c1. The van der Waals surface area contributed by atoms with Crippen LogP contribution in [0.3, 0.4) is 0 Å². The van der Waals surface area contributed by atoms with Gasteiger partial charge in [-0.15, -0.1) is 0 Å². The van der Waals surface area contributed by atoms with Crippen LogP contribution in [0, 0.1) is 0 Å². The van der Waals surface area contributed by atoms with Gasteiger partial charge in [0.15, 0.2) is 17.0 Å². The molecule has 0 aliphatic rings. The maximum atomic E-state index is 13.3. The van der Waals surface area contributed by atoms with Crippen LogP contribution < -0.4 is 15.5 Å². The minimum absolute atomic E-state index is 0.0454. The molecule has 2 aromatic heterocycles. The van der Waals surface area contributed by atoms with Crippen molar-refractivity contribution in [2.75, 3.05) is 11.9 Å². The molecular formula is C28H22N2O6S. The summed E-state index contributed by atoms with van der Waals surface area (Å²) in [5.41, 5.74) is 1.74. The normalized spacial score (nSPS) is 11.8. The number of aromatic nitrogens is 1. The van der Waals surface area contributed by atoms with Gasteiger partial charge in [0.1, 0.15) is 5.58 Å². The molecule has 0 saturated heterocycles. The Kier molecular flexibility index (Phi) is 6.70. The van der Waals surface area contributed by atoms with E-state index in [0.29, 0.717) is 32.7 Å². The first kappa shape index (κ1) is 24.2. The molecule has 3 aromatic carbocycles. The Bertz CT molecular complexity index is 1680. The van der Waals surface area contributed by atoms with Crippen molar-refractivity contribution in [3.05, 3.63) is 88.6 Å². The molecule has 0 saturated carbocycles. The van der Waals surface area contributed by atoms with Crippen LogP contribution in [0.15, 0.2) is 82.0 Å². The largest absolute Gasteiger partial charge is 0.473 e. The van der Waals surface area contributed by atoms with Crippen LogP contribution in [-0.4, -0.2) is 29.6 Å². The second kappa shape index (κ2) is 10.2. The molecule has 9 heteroatoms. The summed E-state index contributed by atoms with van der Waals surface area (Å²) in [4.78, 5) is 42.8. The van der Waals surface area contributed by atoms with Crippen LogP contribution in [0.1, 0.15) is 24.2 Å². The predicted octanol–water partition coefficient (Wildman–Crippen LogP) is 5.65. The summed E-state index contributed by atoms with van der Waals surface area (Å²) in [7, 11) is 0. The van der Waals surface area contributed by atoms with Gasteiger partial charge in [0.25, 0.3) is 5.91 Å². The molecule has 0 fully saturated rings. The quantitative estimate of drug-likeness (QED) is 0.280. The number of amides is 1. The number of thiazole rings is 1. The van der Waals surface area contributed by atoms with Crippen molar-refractivity contribution in [1.29, 1.82) is 0 Å². The summed E-state index contributed by atoms with van der Waals surface area (Å²) in [5.74, 6) is -0.712. The van der Waals surface area contributed by atoms with Gasteiger partial charge in [0.2, 0.25) is 11.2 Å². The zero-order valence-electron chi connectivity index (χ0n) is 20.0. The van der Waals surface area contributed by atoms with Gasteiger partial charge in [0, 0.05) is 5.56 Å². The third-order valence-corrected chi connectivity index (χ3v) is 6.52. The zero-order valence-corrected chi connectivity index (χ0v) is 20.8. The molecule has 5 aromatic rings. The second-order valence-electron chi connectivity index (χ2n) is 8.12. The van der Waals surface area contributed by atoms with Crippen LogP contribution in [-0.2, 0) is 9.53 Å². The molecule has 1 unspecified atom stereocenters. The molecule has 1 N–H and O–H groups in total. The van der Waals surface area contributed by atoms with Crippen molar-refractivity contribution < 1.29 is 23.5 Å². The van der Waals surface area contributed by atoms with E-state index < -0.39 is 18.0 Å². The van der Waals surface area contributed by atoms with E-state index in [1.165, 1.54) is 11.3 Å². The van der Waals surface area contributed by atoms with Gasteiger partial charge in [-0.3, -0.25) is 14.9 Å². The van der Waals surface area contributed by atoms with Gasteiger partial charge in [-0.1, -0.05) is 53.8 Å². The Morgan fingerprint density at radius 2 is 1.81 bits per heavy atom. The van der Waals surface area contributed by atoms with E-state index in [0.717, 1.165) is 4.70 Å². The lowest BCUT2D eigenvalue weighted by atomic mass is 10.1. The van der Waals surface area contributed by atoms with E-state index in [1.54, 1.807) is 68.4 Å². The molecule has 0 spiro atoms. The van der Waals surface area contributed by atoms with Crippen molar-refractivity contribution in [3.8, 4) is 17.1 Å². The minimum Gasteiger partial charge on any atom is -0.473 e. The van der Waals surface area contributed by atoms with Crippen molar-refractivity contribution in [3.63, 3.8) is 0 Å². The Morgan fingerprint density at radius 1 is 1.05 bits per heavy atom. The lowest BCUT2D eigenvalue weighted by Gasteiger charge is -2.16. The maximum absolute atomic E-state index is 13.3. The number of rotatable bonds is 7. The Balaban J connectivity index is 1.41. The molecule has 37 heavy (non-hydrogen) atoms. The number of anilines is 1. The lowest BCUT2D eigenvalue weighted by molar-refractivity contribution is -0.122. The summed E-state index contributed by atoms with van der Waals surface area (Å²) in [5, 5.41) is 3.43. The number of benzene rings is 3. The highest BCUT2D eigenvalue weighted by Gasteiger charge is 2.24. The first-order chi connectivity index (χ1) is 17.9. The van der Waals surface area contributed by atoms with Crippen LogP contribution in [0.25, 0.3) is 32.5 Å². The summed E-state index contributed by atoms with van der Waals surface area (Å²) in [6, 6.07) is 21.0. The van der Waals surface area contributed by atoms with E-state index >= 15 is 0 Å². The summed E-state index contributed by atoms with van der Waals surface area (Å²) < 4.78 is 17.7. The fourth-order valence-corrected chi connectivity index (χ4v) is 4.68. The molecule has 8 nitrogen and oxygen atoms in total. The smallest absolute Gasteiger partial charge is 0.338 e. The van der Waals surface area contributed by atoms with Gasteiger partial charge >= 0.3 is 5.97 Å². The monoisotopic (exact) mass is 514 g/mol. The average molecular weight is 515 g/mol. The van der Waals surface area contributed by atoms with Crippen molar-refractivity contribution in [2.24, 2.45) is 0 Å². The third kappa shape index (κ3) is 4.94. The molecule has 2 heterocycles. The molecule has 0 bridgehead atoms. The van der Waals surface area contributed by atoms with E-state index in [9.17, 15) is 14.4 Å². The first-order valence-electron chi connectivity index (χ1n) is 11.6. The molecule has 1 atom stereocenters. The van der Waals surface area contributed by atoms with Crippen LogP contribution >= 0.6 is 11.3 Å². The number of carbonyl (C=O) groups excluding carboxylic acids is 2. The van der Waals surface area contributed by atoms with E-state index in [2.05, 4.69) is 10.3 Å². The second-order valence-corrected chi connectivity index (χ2v) is 9.15. The molecule has 0 aliphatic heterocycles. The first-order valence-corrected chi connectivity index (χ1v) is 12.4. The number of para-hydroxylation sites is 1. The standard InChI is InChI=1S/C28H22N2O6S/c1-3-34-27(33)18-13-14-20-22(15-18)37-28(29-20)30-26(32)16(2)35-25-23(31)19-11-7-8-12-21(19)36-24(25)17-9-5-4-6-10-17/h4-16H,3H2,1-2H3,(H,29,30,32). The number of esters is 1. The number of carbonyl (C=O) groups is 2. The van der Waals surface area contributed by atoms with Crippen molar-refractivity contribution in [2.45, 2.75) is 20.0 Å². The van der Waals surface area contributed by atoms with E-state index in [-0.39, 0.29) is 23.5 Å². The van der Waals surface area contributed by atoms with Crippen LogP contribution in [0.2, 0.25) is 0 Å². The molecule has 0 radical (unpaired) electrons. The maximum Gasteiger partial charge on any atom is 0.338 e. The Hall–Kier alpha value is -4.50. The highest BCUT2D eigenvalue weighted by molar-refractivity contribution is 7.22. The molecule has 5 rings (SSSR count). The third-order valence-electron chi connectivity index (χ3n) is 5.59. The lowest BCUT2D eigenvalue weighted by Crippen LogP contribution is -2.31. The fourth-order valence-electron chi connectivity index (χ4n) is 3.77. The van der Waals surface area contributed by atoms with Gasteiger partial charge in [-0.2, -0.15) is 0 Å². The number of ether oxygens (including phenoxy) is 2. The fraction of sp³-hybridized carbons (Fsp3) is 0.143. The zero-order chi connectivity index (χ0) is 25.9. The van der Waals surface area contributed by atoms with E-state index in [4.69, 9.17) is 13.9 Å². The predicted molar refractivity (Wildman–Crippen MR) is 142 cm³/mol. The topological polar surface area (TPSA) is 108 Å². The Labute approximate surface area is 215 Å². The average Bonchev–Trinajstić information content (AvgIpc) is 3.32. The minimum atomic E-state index is -1.03. The molecule has 186 valence electrons. The highest BCUT2D eigenvalue weighted by Crippen LogP contribution is 2.32. The van der Waals surface area contributed by atoms with Gasteiger partial charge in [0.05, 0.1) is 27.8 Å². The van der Waals surface area contributed by atoms with Crippen LogP contribution in [0.5, 0.6) is 5.75 Å². The van der Waals surface area contributed by atoms with Crippen molar-refractivity contribution in [1.82, 2.24) is 4.98 Å². The summed E-state index contributed by atoms with van der Waals surface area (Å²) >= 11 is 1.22. The molecule has 1 amide bonds. The summed E-state index contributed by atoms with van der Waals surface area (Å²) in [6.07, 6.45) is -1.03. The molecule has 0 aliphatic carbocycles. The number of fused-ring (bicyclic) bond motifs is 2. The van der Waals surface area contributed by atoms with Gasteiger partial charge in [-0.25, -0.2) is 9.78 Å². The number of hydrogen-bond acceptors (Lipinski definition) is 8. The van der Waals surface area contributed by atoms with Crippen LogP contribution in [0.4, 0.5) is 5.13 Å². The number of nitrogens with zero attached hydrogens (tertiary/aromatic N) is 1. The number of nitrogens with one attached hydrogen (secondary N) is 1. The Morgan fingerprint density at radius 3 is 2.59 bits per heavy atom. The van der Waals surface area contributed by atoms with E-state index in [1.807, 2.05) is 18.2 Å². The highest BCUT2D eigenvalue weighted by atomic mass is 32.1. The number of hydrogen-bond donors (Lipinski definition) is 1. The van der Waals surface area contributed by atoms with Crippen molar-refractivity contribution >= 4 is 49.5 Å². The molecular weight excluding hydrogens is 492 g/mol. The van der Waals surface area contributed by atoms with Gasteiger partial charge < -0.3 is 13.9 Å². The van der Waals surface area contributed by atoms with Gasteiger partial charge in [-0.05, 0) is 44.2 Å². The summed E-state index contributed by atoms with van der Waals surface area (Å²) in [6.45, 7) is 3.57.